The molecule has 0 aliphatic rings. The summed E-state index contributed by atoms with van der Waals surface area (Å²) in [5, 5.41) is 14.4. The quantitative estimate of drug-likeness (QED) is 0.942. The van der Waals surface area contributed by atoms with Crippen LogP contribution >= 0.6 is 11.6 Å². The zero-order valence-electron chi connectivity index (χ0n) is 12.2. The van der Waals surface area contributed by atoms with Crippen LogP contribution in [0, 0.1) is 20.8 Å². The molecular weight excluding hydrogens is 276 g/mol. The summed E-state index contributed by atoms with van der Waals surface area (Å²) in [7, 11) is 1.59. The minimum absolute atomic E-state index is 0.151. The van der Waals surface area contributed by atoms with Crippen molar-refractivity contribution < 1.29 is 9.84 Å². The molecule has 0 spiro atoms. The maximum atomic E-state index is 9.48. The highest BCUT2D eigenvalue weighted by Gasteiger charge is 2.19. The number of aliphatic hydroxyl groups is 1. The van der Waals surface area contributed by atoms with E-state index in [1.165, 1.54) is 5.56 Å². The molecule has 0 aliphatic carbocycles. The fourth-order valence-electron chi connectivity index (χ4n) is 2.54. The van der Waals surface area contributed by atoms with Crippen LogP contribution in [0.25, 0.3) is 5.69 Å². The van der Waals surface area contributed by atoms with Crippen molar-refractivity contribution in [2.45, 2.75) is 34.0 Å². The molecule has 0 aliphatic heterocycles. The first-order chi connectivity index (χ1) is 9.49. The Morgan fingerprint density at radius 2 is 1.85 bits per heavy atom. The SMILES string of the molecule is COCc1nn(-c2c(C)cc(C)cc2C)c(Cl)c1CO. The van der Waals surface area contributed by atoms with Crippen LogP contribution in [0.1, 0.15) is 27.9 Å². The van der Waals surface area contributed by atoms with E-state index in [4.69, 9.17) is 16.3 Å². The van der Waals surface area contributed by atoms with E-state index in [1.807, 2.05) is 13.8 Å². The van der Waals surface area contributed by atoms with Crippen LogP contribution in [0.5, 0.6) is 0 Å². The van der Waals surface area contributed by atoms with Gasteiger partial charge in [-0.2, -0.15) is 5.10 Å². The first kappa shape index (κ1) is 15.0. The van der Waals surface area contributed by atoms with Crippen molar-refractivity contribution in [3.8, 4) is 5.69 Å². The minimum Gasteiger partial charge on any atom is -0.391 e. The van der Waals surface area contributed by atoms with Crippen molar-refractivity contribution in [1.29, 1.82) is 0 Å². The maximum Gasteiger partial charge on any atom is 0.138 e. The first-order valence-corrected chi connectivity index (χ1v) is 6.81. The molecule has 0 amide bonds. The lowest BCUT2D eigenvalue weighted by Crippen LogP contribution is -2.03. The lowest BCUT2D eigenvalue weighted by atomic mass is 10.1. The third-order valence-corrected chi connectivity index (χ3v) is 3.68. The summed E-state index contributed by atoms with van der Waals surface area (Å²) in [5.74, 6) is 0. The van der Waals surface area contributed by atoms with E-state index < -0.39 is 0 Å². The smallest absolute Gasteiger partial charge is 0.138 e. The number of hydrogen-bond acceptors (Lipinski definition) is 3. The third kappa shape index (κ3) is 2.59. The molecule has 0 radical (unpaired) electrons. The Kier molecular flexibility index (Phi) is 4.48. The zero-order valence-corrected chi connectivity index (χ0v) is 13.0. The molecule has 0 saturated carbocycles. The van der Waals surface area contributed by atoms with Crippen LogP contribution in [0.4, 0.5) is 0 Å². The second kappa shape index (κ2) is 5.95. The molecule has 4 nitrogen and oxygen atoms in total. The molecule has 1 heterocycles. The number of ether oxygens (including phenoxy) is 1. The zero-order chi connectivity index (χ0) is 14.9. The van der Waals surface area contributed by atoms with E-state index in [0.29, 0.717) is 23.0 Å². The summed E-state index contributed by atoms with van der Waals surface area (Å²) < 4.78 is 6.79. The number of nitrogens with zero attached hydrogens (tertiary/aromatic N) is 2. The van der Waals surface area contributed by atoms with Crippen LogP contribution < -0.4 is 0 Å². The summed E-state index contributed by atoms with van der Waals surface area (Å²) in [4.78, 5) is 0. The van der Waals surface area contributed by atoms with Crippen molar-refractivity contribution in [2.75, 3.05) is 7.11 Å². The maximum absolute atomic E-state index is 9.48. The van der Waals surface area contributed by atoms with Gasteiger partial charge in [0.05, 0.1) is 24.6 Å². The number of benzene rings is 1. The van der Waals surface area contributed by atoms with E-state index >= 15 is 0 Å². The summed E-state index contributed by atoms with van der Waals surface area (Å²) in [5.41, 5.74) is 5.64. The molecule has 0 atom stereocenters. The number of methoxy groups -OCH3 is 1. The summed E-state index contributed by atoms with van der Waals surface area (Å²) in [6.07, 6.45) is 0. The van der Waals surface area contributed by atoms with E-state index in [0.717, 1.165) is 16.8 Å². The Bertz CT molecular complexity index is 612. The predicted molar refractivity (Wildman–Crippen MR) is 79.4 cm³/mol. The molecule has 0 fully saturated rings. The molecule has 2 rings (SSSR count). The van der Waals surface area contributed by atoms with Crippen molar-refractivity contribution >= 4 is 11.6 Å². The van der Waals surface area contributed by atoms with Crippen LogP contribution in [0.15, 0.2) is 12.1 Å². The molecule has 2 aromatic rings. The van der Waals surface area contributed by atoms with E-state index in [2.05, 4.69) is 24.2 Å². The first-order valence-electron chi connectivity index (χ1n) is 6.43. The van der Waals surface area contributed by atoms with Crippen molar-refractivity contribution in [3.05, 3.63) is 45.2 Å². The average molecular weight is 295 g/mol. The number of aromatic nitrogens is 2. The van der Waals surface area contributed by atoms with Gasteiger partial charge in [0.2, 0.25) is 0 Å². The topological polar surface area (TPSA) is 47.3 Å². The van der Waals surface area contributed by atoms with Gasteiger partial charge in [-0.25, -0.2) is 4.68 Å². The van der Waals surface area contributed by atoms with Gasteiger partial charge in [-0.05, 0) is 31.9 Å². The minimum atomic E-state index is -0.151. The summed E-state index contributed by atoms with van der Waals surface area (Å²) >= 11 is 6.37. The molecule has 5 heteroatoms. The molecule has 0 bridgehead atoms. The highest BCUT2D eigenvalue weighted by Crippen LogP contribution is 2.28. The largest absolute Gasteiger partial charge is 0.391 e. The average Bonchev–Trinajstić information content (AvgIpc) is 2.65. The summed E-state index contributed by atoms with van der Waals surface area (Å²) in [6, 6.07) is 4.18. The van der Waals surface area contributed by atoms with Gasteiger partial charge in [-0.15, -0.1) is 0 Å². The van der Waals surface area contributed by atoms with Crippen LogP contribution in [0.2, 0.25) is 5.15 Å². The number of rotatable bonds is 4. The van der Waals surface area contributed by atoms with Gasteiger partial charge < -0.3 is 9.84 Å². The second-order valence-electron chi connectivity index (χ2n) is 4.97. The number of aliphatic hydroxyl groups excluding tert-OH is 1. The van der Waals surface area contributed by atoms with E-state index in [-0.39, 0.29) is 6.61 Å². The van der Waals surface area contributed by atoms with Crippen LogP contribution in [-0.4, -0.2) is 22.0 Å². The van der Waals surface area contributed by atoms with Crippen molar-refractivity contribution in [3.63, 3.8) is 0 Å². The Morgan fingerprint density at radius 1 is 1.25 bits per heavy atom. The third-order valence-electron chi connectivity index (χ3n) is 3.29. The monoisotopic (exact) mass is 294 g/mol. The van der Waals surface area contributed by atoms with Gasteiger partial charge in [0.25, 0.3) is 0 Å². The summed E-state index contributed by atoms with van der Waals surface area (Å²) in [6.45, 7) is 6.29. The van der Waals surface area contributed by atoms with Crippen LogP contribution in [-0.2, 0) is 18.0 Å². The van der Waals surface area contributed by atoms with Gasteiger partial charge in [0, 0.05) is 12.7 Å². The Balaban J connectivity index is 2.64. The van der Waals surface area contributed by atoms with Gasteiger partial charge >= 0.3 is 0 Å². The van der Waals surface area contributed by atoms with Gasteiger partial charge in [0.15, 0.2) is 0 Å². The number of hydrogen-bond donors (Lipinski definition) is 1. The molecule has 1 aromatic carbocycles. The lowest BCUT2D eigenvalue weighted by Gasteiger charge is -2.12. The molecule has 1 N–H and O–H groups in total. The second-order valence-corrected chi connectivity index (χ2v) is 5.32. The molecular formula is C15H19ClN2O2. The number of aryl methyl sites for hydroxylation is 3. The molecule has 1 aromatic heterocycles. The Labute approximate surface area is 123 Å². The molecule has 0 saturated heterocycles. The molecule has 0 unspecified atom stereocenters. The van der Waals surface area contributed by atoms with Gasteiger partial charge in [-0.1, -0.05) is 29.3 Å². The van der Waals surface area contributed by atoms with Crippen LogP contribution in [0.3, 0.4) is 0 Å². The Morgan fingerprint density at radius 3 is 2.35 bits per heavy atom. The van der Waals surface area contributed by atoms with Gasteiger partial charge in [-0.3, -0.25) is 0 Å². The fraction of sp³-hybridized carbons (Fsp3) is 0.400. The van der Waals surface area contributed by atoms with Gasteiger partial charge in [0.1, 0.15) is 5.15 Å². The predicted octanol–water partition coefficient (Wildman–Crippen LogP) is 3.09. The molecule has 108 valence electrons. The van der Waals surface area contributed by atoms with Crippen molar-refractivity contribution in [2.24, 2.45) is 0 Å². The normalized spacial score (nSPS) is 11.1. The highest BCUT2D eigenvalue weighted by atomic mass is 35.5. The standard InChI is InChI=1S/C15H19ClN2O2/c1-9-5-10(2)14(11(3)6-9)18-15(16)12(7-19)13(17-18)8-20-4/h5-6,19H,7-8H2,1-4H3. The van der Waals surface area contributed by atoms with E-state index in [1.54, 1.807) is 11.8 Å². The van der Waals surface area contributed by atoms with E-state index in [9.17, 15) is 5.11 Å². The lowest BCUT2D eigenvalue weighted by molar-refractivity contribution is 0.178. The molecule has 20 heavy (non-hydrogen) atoms. The highest BCUT2D eigenvalue weighted by molar-refractivity contribution is 6.30. The Hall–Kier alpha value is -1.36. The number of halogens is 1. The van der Waals surface area contributed by atoms with Crippen molar-refractivity contribution in [1.82, 2.24) is 9.78 Å². The fourth-order valence-corrected chi connectivity index (χ4v) is 2.83.